The normalized spacial score (nSPS) is 18.7. The molecule has 2 heterocycles. The van der Waals surface area contributed by atoms with Crippen molar-refractivity contribution < 1.29 is 4.79 Å². The zero-order valence-electron chi connectivity index (χ0n) is 11.0. The monoisotopic (exact) mass is 272 g/mol. The van der Waals surface area contributed by atoms with Crippen LogP contribution in [0.5, 0.6) is 0 Å². The van der Waals surface area contributed by atoms with Gasteiger partial charge in [0.1, 0.15) is 0 Å². The molecule has 0 spiro atoms. The maximum absolute atomic E-state index is 12.2. The van der Waals surface area contributed by atoms with E-state index in [0.717, 1.165) is 37.2 Å². The Balaban J connectivity index is 1.71. The highest BCUT2D eigenvalue weighted by Crippen LogP contribution is 2.20. The summed E-state index contributed by atoms with van der Waals surface area (Å²) >= 11 is 0. The van der Waals surface area contributed by atoms with E-state index >= 15 is 0 Å². The highest BCUT2D eigenvalue weighted by atomic mass is 16.1. The molecule has 1 atom stereocenters. The van der Waals surface area contributed by atoms with Crippen molar-refractivity contribution in [3.8, 4) is 11.4 Å². The number of hydrogen-bond donors (Lipinski definition) is 3. The molecule has 1 saturated heterocycles. The average molecular weight is 272 g/mol. The molecule has 3 N–H and O–H groups in total. The van der Waals surface area contributed by atoms with E-state index in [2.05, 4.69) is 31.3 Å². The van der Waals surface area contributed by atoms with Crippen LogP contribution in [0.3, 0.4) is 0 Å². The van der Waals surface area contributed by atoms with Gasteiger partial charge in [-0.25, -0.2) is 0 Å². The van der Waals surface area contributed by atoms with Gasteiger partial charge in [0, 0.05) is 17.8 Å². The Morgan fingerprint density at radius 3 is 3.10 bits per heavy atom. The predicted molar refractivity (Wildman–Crippen MR) is 73.8 cm³/mol. The second-order valence-electron chi connectivity index (χ2n) is 4.85. The van der Waals surface area contributed by atoms with E-state index in [-0.39, 0.29) is 11.8 Å². The fourth-order valence-corrected chi connectivity index (χ4v) is 2.34. The fourth-order valence-electron chi connectivity index (χ4n) is 2.34. The Bertz CT molecular complexity index is 576. The van der Waals surface area contributed by atoms with Crippen molar-refractivity contribution in [1.82, 2.24) is 25.9 Å². The second-order valence-corrected chi connectivity index (χ2v) is 4.85. The Morgan fingerprint density at radius 2 is 2.35 bits per heavy atom. The second kappa shape index (κ2) is 5.79. The molecule has 104 valence electrons. The van der Waals surface area contributed by atoms with E-state index in [1.165, 1.54) is 0 Å². The van der Waals surface area contributed by atoms with Gasteiger partial charge in [-0.1, -0.05) is 12.1 Å². The highest BCUT2D eigenvalue weighted by Gasteiger charge is 2.20. The first-order valence-electron chi connectivity index (χ1n) is 6.68. The van der Waals surface area contributed by atoms with Gasteiger partial charge >= 0.3 is 0 Å². The third kappa shape index (κ3) is 2.83. The minimum atomic E-state index is 0.0394. The molecule has 1 aromatic carbocycles. The molecule has 0 saturated carbocycles. The molecular formula is C13H16N6O. The predicted octanol–water partition coefficient (Wildman–Crippen LogP) is 0.805. The van der Waals surface area contributed by atoms with Gasteiger partial charge in [0.2, 0.25) is 11.7 Å². The lowest BCUT2D eigenvalue weighted by Gasteiger charge is -2.21. The summed E-state index contributed by atoms with van der Waals surface area (Å²) in [5.41, 5.74) is 1.57. The van der Waals surface area contributed by atoms with Gasteiger partial charge in [-0.3, -0.25) is 4.79 Å². The number of rotatable bonds is 3. The number of tetrazole rings is 1. The van der Waals surface area contributed by atoms with Crippen LogP contribution >= 0.6 is 0 Å². The Hall–Kier alpha value is -2.28. The third-order valence-electron chi connectivity index (χ3n) is 3.40. The van der Waals surface area contributed by atoms with E-state index < -0.39 is 0 Å². The molecular weight excluding hydrogens is 256 g/mol. The summed E-state index contributed by atoms with van der Waals surface area (Å²) in [7, 11) is 0. The topological polar surface area (TPSA) is 95.6 Å². The number of H-pyrrole nitrogens is 1. The first-order valence-corrected chi connectivity index (χ1v) is 6.68. The molecule has 20 heavy (non-hydrogen) atoms. The molecule has 7 heteroatoms. The molecule has 0 aliphatic carbocycles. The third-order valence-corrected chi connectivity index (χ3v) is 3.40. The molecule has 1 amide bonds. The Kier molecular flexibility index (Phi) is 3.69. The SMILES string of the molecule is O=C(Nc1cccc(-c2nn[nH]n2)c1)[C@@H]1CCCNC1. The lowest BCUT2D eigenvalue weighted by atomic mass is 9.99. The molecule has 1 aromatic heterocycles. The van der Waals surface area contributed by atoms with E-state index in [1.54, 1.807) is 0 Å². The van der Waals surface area contributed by atoms with E-state index in [9.17, 15) is 4.79 Å². The van der Waals surface area contributed by atoms with Crippen molar-refractivity contribution in [2.45, 2.75) is 12.8 Å². The summed E-state index contributed by atoms with van der Waals surface area (Å²) in [6, 6.07) is 7.44. The molecule has 1 aliphatic rings. The van der Waals surface area contributed by atoms with Crippen molar-refractivity contribution in [3.63, 3.8) is 0 Å². The molecule has 1 fully saturated rings. The van der Waals surface area contributed by atoms with E-state index in [4.69, 9.17) is 0 Å². The van der Waals surface area contributed by atoms with Crippen LogP contribution in [-0.4, -0.2) is 39.6 Å². The van der Waals surface area contributed by atoms with Gasteiger partial charge < -0.3 is 10.6 Å². The van der Waals surface area contributed by atoms with Gasteiger partial charge in [0.05, 0.1) is 5.92 Å². The molecule has 7 nitrogen and oxygen atoms in total. The van der Waals surface area contributed by atoms with Crippen molar-refractivity contribution in [2.24, 2.45) is 5.92 Å². The standard InChI is InChI=1S/C13H16N6O/c20-13(10-4-2-6-14-8-10)15-11-5-1-3-9(7-11)12-16-18-19-17-12/h1,3,5,7,10,14H,2,4,6,8H2,(H,15,20)(H,16,17,18,19)/t10-/m1/s1. The van der Waals surface area contributed by atoms with Crippen LogP contribution in [0.4, 0.5) is 5.69 Å². The number of hydrogen-bond acceptors (Lipinski definition) is 5. The first-order chi connectivity index (χ1) is 9.83. The number of aromatic amines is 1. The minimum Gasteiger partial charge on any atom is -0.326 e. The smallest absolute Gasteiger partial charge is 0.228 e. The summed E-state index contributed by atoms with van der Waals surface area (Å²) < 4.78 is 0. The maximum atomic E-state index is 12.2. The molecule has 3 rings (SSSR count). The van der Waals surface area contributed by atoms with Crippen LogP contribution in [0, 0.1) is 5.92 Å². The van der Waals surface area contributed by atoms with E-state index in [0.29, 0.717) is 5.82 Å². The van der Waals surface area contributed by atoms with Gasteiger partial charge in [-0.15, -0.1) is 10.2 Å². The minimum absolute atomic E-state index is 0.0394. The Labute approximate surface area is 116 Å². The lowest BCUT2D eigenvalue weighted by molar-refractivity contribution is -0.120. The molecule has 0 radical (unpaired) electrons. The van der Waals surface area contributed by atoms with Crippen LogP contribution < -0.4 is 10.6 Å². The van der Waals surface area contributed by atoms with Crippen LogP contribution in [0.25, 0.3) is 11.4 Å². The summed E-state index contributed by atoms with van der Waals surface area (Å²) in [4.78, 5) is 12.2. The number of benzene rings is 1. The number of nitrogens with zero attached hydrogens (tertiary/aromatic N) is 3. The zero-order chi connectivity index (χ0) is 13.8. The number of nitrogens with one attached hydrogen (secondary N) is 3. The lowest BCUT2D eigenvalue weighted by Crippen LogP contribution is -2.37. The summed E-state index contributed by atoms with van der Waals surface area (Å²) in [5, 5.41) is 20.0. The summed E-state index contributed by atoms with van der Waals surface area (Å²) in [6.07, 6.45) is 1.98. The van der Waals surface area contributed by atoms with Crippen LogP contribution in [0.1, 0.15) is 12.8 Å². The van der Waals surface area contributed by atoms with Crippen molar-refractivity contribution >= 4 is 11.6 Å². The number of aromatic nitrogens is 4. The molecule has 1 aliphatic heterocycles. The first kappa shape index (κ1) is 12.7. The van der Waals surface area contributed by atoms with Crippen LogP contribution in [-0.2, 0) is 4.79 Å². The number of piperidine rings is 1. The average Bonchev–Trinajstić information content (AvgIpc) is 3.03. The fraction of sp³-hybridized carbons (Fsp3) is 0.385. The summed E-state index contributed by atoms with van der Waals surface area (Å²) in [5.74, 6) is 0.612. The number of carbonyl (C=O) groups excluding carboxylic acids is 1. The largest absolute Gasteiger partial charge is 0.326 e. The zero-order valence-corrected chi connectivity index (χ0v) is 11.0. The van der Waals surface area contributed by atoms with Crippen LogP contribution in [0.15, 0.2) is 24.3 Å². The number of carbonyl (C=O) groups is 1. The van der Waals surface area contributed by atoms with Gasteiger partial charge in [-0.05, 0) is 36.7 Å². The maximum Gasteiger partial charge on any atom is 0.228 e. The van der Waals surface area contributed by atoms with Crippen LogP contribution in [0.2, 0.25) is 0 Å². The van der Waals surface area contributed by atoms with E-state index in [1.807, 2.05) is 24.3 Å². The van der Waals surface area contributed by atoms with Crippen molar-refractivity contribution in [2.75, 3.05) is 18.4 Å². The highest BCUT2D eigenvalue weighted by molar-refractivity contribution is 5.93. The number of anilines is 1. The summed E-state index contributed by atoms with van der Waals surface area (Å²) in [6.45, 7) is 1.74. The number of amides is 1. The Morgan fingerprint density at radius 1 is 1.40 bits per heavy atom. The molecule has 2 aromatic rings. The van der Waals surface area contributed by atoms with Crippen molar-refractivity contribution in [3.05, 3.63) is 24.3 Å². The van der Waals surface area contributed by atoms with Crippen molar-refractivity contribution in [1.29, 1.82) is 0 Å². The van der Waals surface area contributed by atoms with Gasteiger partial charge in [0.25, 0.3) is 0 Å². The molecule has 0 unspecified atom stereocenters. The molecule has 0 bridgehead atoms. The quantitative estimate of drug-likeness (QED) is 0.768. The van der Waals surface area contributed by atoms with Gasteiger partial charge in [0.15, 0.2) is 0 Å². The van der Waals surface area contributed by atoms with Gasteiger partial charge in [-0.2, -0.15) is 5.21 Å².